The van der Waals surface area contributed by atoms with Gasteiger partial charge in [0.15, 0.2) is 6.04 Å². The molecule has 3 unspecified atom stereocenters. The molecule has 1 amide bonds. The highest BCUT2D eigenvalue weighted by Crippen LogP contribution is 2.51. The third-order valence-electron chi connectivity index (χ3n) is 4.32. The van der Waals surface area contributed by atoms with E-state index in [0.717, 1.165) is 12.8 Å². The summed E-state index contributed by atoms with van der Waals surface area (Å²) in [5.74, 6) is -0.316. The number of hydrogen-bond donors (Lipinski definition) is 3. The summed E-state index contributed by atoms with van der Waals surface area (Å²) in [5.41, 5.74) is 5.51. The lowest BCUT2D eigenvalue weighted by atomic mass is 10.0. The average Bonchev–Trinajstić information content (AvgIpc) is 3.17. The van der Waals surface area contributed by atoms with Gasteiger partial charge in [-0.05, 0) is 31.9 Å². The molecule has 8 heteroatoms. The third-order valence-corrected chi connectivity index (χ3v) is 5.81. The summed E-state index contributed by atoms with van der Waals surface area (Å²) in [7, 11) is 0. The molecule has 2 fully saturated rings. The van der Waals surface area contributed by atoms with E-state index in [4.69, 9.17) is 0 Å². The van der Waals surface area contributed by atoms with Gasteiger partial charge in [-0.25, -0.2) is 10.9 Å². The Morgan fingerprint density at radius 1 is 1.39 bits per heavy atom. The normalized spacial score (nSPS) is 28.3. The zero-order valence-corrected chi connectivity index (χ0v) is 13.6. The molecule has 0 bridgehead atoms. The van der Waals surface area contributed by atoms with Crippen LogP contribution >= 0.6 is 11.8 Å². The van der Waals surface area contributed by atoms with Crippen LogP contribution in [-0.2, 0) is 4.79 Å². The lowest BCUT2D eigenvalue weighted by Crippen LogP contribution is -2.51. The minimum Gasteiger partial charge on any atom is -0.353 e. The number of carbonyl (C=O) groups excluding carboxylic acids is 1. The van der Waals surface area contributed by atoms with Crippen molar-refractivity contribution in [1.82, 2.24) is 16.2 Å². The first kappa shape index (κ1) is 16.2. The Labute approximate surface area is 138 Å². The van der Waals surface area contributed by atoms with Crippen LogP contribution in [-0.4, -0.2) is 40.2 Å². The van der Waals surface area contributed by atoms with Gasteiger partial charge in [0, 0.05) is 21.1 Å². The Hall–Kier alpha value is -1.64. The number of benzene rings is 1. The number of rotatable bonds is 6. The Morgan fingerprint density at radius 2 is 2.09 bits per heavy atom. The van der Waals surface area contributed by atoms with Crippen LogP contribution in [0.25, 0.3) is 0 Å². The molecule has 0 spiro atoms. The predicted octanol–water partition coefficient (Wildman–Crippen LogP) is 0.938. The zero-order chi connectivity index (χ0) is 16.4. The number of thioether (sulfide) groups is 1. The SMILES string of the molecule is CC1NNC(C(=O)NCC2(Sc3ccccc3)CC2)C1[N+](=O)[O-]. The number of hydrogen-bond acceptors (Lipinski definition) is 6. The molecule has 2 aliphatic rings. The standard InChI is InChI=1S/C15H20N4O3S/c1-10-13(19(21)22)12(18-17-10)14(20)16-9-15(7-8-15)23-11-5-3-2-4-6-11/h2-6,10,12-13,17-18H,7-9H2,1H3,(H,16,20). The van der Waals surface area contributed by atoms with Crippen molar-refractivity contribution in [2.45, 2.75) is 47.5 Å². The maximum absolute atomic E-state index is 12.3. The molecule has 124 valence electrons. The van der Waals surface area contributed by atoms with E-state index in [9.17, 15) is 14.9 Å². The average molecular weight is 336 g/mol. The number of amides is 1. The zero-order valence-electron chi connectivity index (χ0n) is 12.8. The van der Waals surface area contributed by atoms with Gasteiger partial charge in [-0.15, -0.1) is 11.8 Å². The first-order valence-electron chi connectivity index (χ1n) is 7.67. The van der Waals surface area contributed by atoms with Crippen molar-refractivity contribution in [2.75, 3.05) is 6.54 Å². The monoisotopic (exact) mass is 336 g/mol. The fraction of sp³-hybridized carbons (Fsp3) is 0.533. The molecule has 3 atom stereocenters. The summed E-state index contributed by atoms with van der Waals surface area (Å²) in [4.78, 5) is 24.2. The Kier molecular flexibility index (Phi) is 4.56. The predicted molar refractivity (Wildman–Crippen MR) is 87.6 cm³/mol. The van der Waals surface area contributed by atoms with Crippen LogP contribution in [0.4, 0.5) is 0 Å². The van der Waals surface area contributed by atoms with Crippen molar-refractivity contribution in [3.8, 4) is 0 Å². The minimum atomic E-state index is -0.952. The quantitative estimate of drug-likeness (QED) is 0.528. The molecule has 3 N–H and O–H groups in total. The van der Waals surface area contributed by atoms with Gasteiger partial charge >= 0.3 is 0 Å². The molecule has 1 aliphatic heterocycles. The summed E-state index contributed by atoms with van der Waals surface area (Å²) in [6.45, 7) is 2.23. The maximum Gasteiger partial charge on any atom is 0.254 e. The van der Waals surface area contributed by atoms with E-state index >= 15 is 0 Å². The summed E-state index contributed by atoms with van der Waals surface area (Å²) < 4.78 is 0.0266. The van der Waals surface area contributed by atoms with Crippen molar-refractivity contribution in [3.05, 3.63) is 40.4 Å². The van der Waals surface area contributed by atoms with Crippen molar-refractivity contribution in [3.63, 3.8) is 0 Å². The van der Waals surface area contributed by atoms with Crippen LogP contribution in [0.3, 0.4) is 0 Å². The Morgan fingerprint density at radius 3 is 2.70 bits per heavy atom. The van der Waals surface area contributed by atoms with E-state index in [1.165, 1.54) is 4.90 Å². The molecule has 1 aliphatic carbocycles. The molecule has 7 nitrogen and oxygen atoms in total. The second kappa shape index (κ2) is 6.46. The van der Waals surface area contributed by atoms with Gasteiger partial charge in [0.1, 0.15) is 0 Å². The summed E-state index contributed by atoms with van der Waals surface area (Å²) in [6, 6.07) is 7.91. The summed E-state index contributed by atoms with van der Waals surface area (Å²) in [5, 5.41) is 14.0. The van der Waals surface area contributed by atoms with Gasteiger partial charge in [0.2, 0.25) is 5.91 Å². The van der Waals surface area contributed by atoms with Gasteiger partial charge in [-0.3, -0.25) is 14.9 Å². The molecule has 1 heterocycles. The largest absolute Gasteiger partial charge is 0.353 e. The van der Waals surface area contributed by atoms with Crippen LogP contribution in [0.2, 0.25) is 0 Å². The first-order valence-corrected chi connectivity index (χ1v) is 8.49. The highest BCUT2D eigenvalue weighted by molar-refractivity contribution is 8.01. The number of nitro groups is 1. The van der Waals surface area contributed by atoms with Gasteiger partial charge in [-0.2, -0.15) is 0 Å². The molecule has 1 aromatic carbocycles. The first-order chi connectivity index (χ1) is 11.0. The van der Waals surface area contributed by atoms with Crippen LogP contribution in [0, 0.1) is 10.1 Å². The van der Waals surface area contributed by atoms with E-state index in [2.05, 4.69) is 28.3 Å². The number of hydrazine groups is 1. The number of nitrogens with one attached hydrogen (secondary N) is 3. The van der Waals surface area contributed by atoms with Gasteiger partial charge in [-0.1, -0.05) is 18.2 Å². The second-order valence-electron chi connectivity index (χ2n) is 6.15. The molecule has 1 aromatic rings. The molecular weight excluding hydrogens is 316 g/mol. The molecule has 23 heavy (non-hydrogen) atoms. The molecule has 1 saturated heterocycles. The Balaban J connectivity index is 1.56. The molecular formula is C15H20N4O3S. The third kappa shape index (κ3) is 3.65. The van der Waals surface area contributed by atoms with Crippen LogP contribution in [0.1, 0.15) is 19.8 Å². The van der Waals surface area contributed by atoms with Crippen molar-refractivity contribution in [2.24, 2.45) is 0 Å². The molecule has 1 saturated carbocycles. The van der Waals surface area contributed by atoms with Gasteiger partial charge in [0.25, 0.3) is 6.04 Å². The molecule has 0 aromatic heterocycles. The van der Waals surface area contributed by atoms with Crippen molar-refractivity contribution in [1.29, 1.82) is 0 Å². The van der Waals surface area contributed by atoms with Crippen LogP contribution < -0.4 is 16.2 Å². The van der Waals surface area contributed by atoms with E-state index in [1.54, 1.807) is 18.7 Å². The number of nitrogens with zero attached hydrogens (tertiary/aromatic N) is 1. The lowest BCUT2D eigenvalue weighted by Gasteiger charge is -2.18. The highest BCUT2D eigenvalue weighted by Gasteiger charge is 2.48. The number of carbonyl (C=O) groups is 1. The lowest BCUT2D eigenvalue weighted by molar-refractivity contribution is -0.523. The fourth-order valence-electron chi connectivity index (χ4n) is 2.76. The van der Waals surface area contributed by atoms with Gasteiger partial charge in [0.05, 0.1) is 6.04 Å². The van der Waals surface area contributed by atoms with E-state index in [-0.39, 0.29) is 16.7 Å². The smallest absolute Gasteiger partial charge is 0.254 e. The van der Waals surface area contributed by atoms with Crippen LogP contribution in [0.5, 0.6) is 0 Å². The fourth-order valence-corrected chi connectivity index (χ4v) is 4.00. The summed E-state index contributed by atoms with van der Waals surface area (Å²) >= 11 is 1.76. The van der Waals surface area contributed by atoms with Crippen LogP contribution in [0.15, 0.2) is 35.2 Å². The second-order valence-corrected chi connectivity index (χ2v) is 7.69. The maximum atomic E-state index is 12.3. The summed E-state index contributed by atoms with van der Waals surface area (Å²) in [6.07, 6.45) is 2.08. The van der Waals surface area contributed by atoms with Gasteiger partial charge < -0.3 is 5.32 Å². The topological polar surface area (TPSA) is 96.3 Å². The Bertz CT molecular complexity index is 594. The van der Waals surface area contributed by atoms with Crippen molar-refractivity contribution < 1.29 is 9.72 Å². The van der Waals surface area contributed by atoms with E-state index in [1.807, 2.05) is 18.2 Å². The molecule has 3 rings (SSSR count). The highest BCUT2D eigenvalue weighted by atomic mass is 32.2. The minimum absolute atomic E-state index is 0.0266. The van der Waals surface area contributed by atoms with Crippen molar-refractivity contribution >= 4 is 17.7 Å². The van der Waals surface area contributed by atoms with E-state index in [0.29, 0.717) is 6.54 Å². The van der Waals surface area contributed by atoms with E-state index < -0.39 is 17.0 Å². The molecule has 0 radical (unpaired) electrons.